The molecule has 0 saturated carbocycles. The molecule has 7 nitrogen and oxygen atoms in total. The van der Waals surface area contributed by atoms with Gasteiger partial charge in [0.25, 0.3) is 5.69 Å². The van der Waals surface area contributed by atoms with Crippen LogP contribution in [0.3, 0.4) is 0 Å². The van der Waals surface area contributed by atoms with Crippen molar-refractivity contribution in [2.24, 2.45) is 0 Å². The van der Waals surface area contributed by atoms with Gasteiger partial charge in [0, 0.05) is 17.5 Å². The molecule has 0 saturated heterocycles. The van der Waals surface area contributed by atoms with Crippen LogP contribution in [0, 0.1) is 10.1 Å². The molecule has 0 N–H and O–H groups in total. The molecule has 2 aromatic carbocycles. The van der Waals surface area contributed by atoms with Crippen LogP contribution in [0.15, 0.2) is 63.8 Å². The van der Waals surface area contributed by atoms with Crippen LogP contribution in [0.2, 0.25) is 0 Å². The predicted octanol–water partition coefficient (Wildman–Crippen LogP) is 3.61. The van der Waals surface area contributed by atoms with Gasteiger partial charge in [-0.1, -0.05) is 30.3 Å². The Bertz CT molecular complexity index is 1100. The Labute approximate surface area is 147 Å². The van der Waals surface area contributed by atoms with Gasteiger partial charge in [0.05, 0.1) is 12.0 Å². The van der Waals surface area contributed by atoms with E-state index in [0.29, 0.717) is 16.7 Å². The van der Waals surface area contributed by atoms with Crippen molar-refractivity contribution in [1.82, 2.24) is 0 Å². The number of ketones is 1. The predicted molar refractivity (Wildman–Crippen MR) is 95.5 cm³/mol. The molecule has 0 aliphatic heterocycles. The van der Waals surface area contributed by atoms with Crippen molar-refractivity contribution >= 4 is 28.5 Å². The van der Waals surface area contributed by atoms with E-state index in [1.165, 1.54) is 43.5 Å². The number of fused-ring (bicyclic) bond motifs is 1. The molecule has 130 valence electrons. The molecule has 7 heteroatoms. The van der Waals surface area contributed by atoms with Crippen molar-refractivity contribution in [3.05, 3.63) is 86.3 Å². The summed E-state index contributed by atoms with van der Waals surface area (Å²) in [5.41, 5.74) is -0.265. The highest BCUT2D eigenvalue weighted by Gasteiger charge is 2.13. The van der Waals surface area contributed by atoms with Gasteiger partial charge in [0.2, 0.25) is 0 Å². The summed E-state index contributed by atoms with van der Waals surface area (Å²) in [5.74, 6) is -0.166. The second-order valence-corrected chi connectivity index (χ2v) is 5.38. The summed E-state index contributed by atoms with van der Waals surface area (Å²) in [4.78, 5) is 34.7. The first kappa shape index (κ1) is 17.1. The number of rotatable bonds is 5. The first-order valence-electron chi connectivity index (χ1n) is 7.57. The minimum Gasteiger partial charge on any atom is -0.493 e. The molecule has 26 heavy (non-hydrogen) atoms. The number of benzene rings is 2. The summed E-state index contributed by atoms with van der Waals surface area (Å²) in [6.45, 7) is 0. The maximum atomic E-state index is 12.3. The molecule has 3 rings (SSSR count). The van der Waals surface area contributed by atoms with Crippen LogP contribution >= 0.6 is 0 Å². The Morgan fingerprint density at radius 1 is 1.19 bits per heavy atom. The number of ether oxygens (including phenoxy) is 1. The lowest BCUT2D eigenvalue weighted by Crippen LogP contribution is -2.12. The molecule has 1 heterocycles. The van der Waals surface area contributed by atoms with E-state index >= 15 is 0 Å². The average molecular weight is 351 g/mol. The smallest absolute Gasteiger partial charge is 0.347 e. The van der Waals surface area contributed by atoms with Crippen LogP contribution in [-0.4, -0.2) is 17.8 Å². The van der Waals surface area contributed by atoms with Crippen LogP contribution in [0.4, 0.5) is 5.69 Å². The van der Waals surface area contributed by atoms with E-state index in [2.05, 4.69) is 0 Å². The van der Waals surface area contributed by atoms with Crippen molar-refractivity contribution < 1.29 is 18.9 Å². The fraction of sp³-hybridized carbons (Fsp3) is 0.0526. The molecule has 1 aromatic heterocycles. The number of hydrogen-bond acceptors (Lipinski definition) is 6. The van der Waals surface area contributed by atoms with Crippen LogP contribution in [-0.2, 0) is 0 Å². The molecule has 0 aliphatic rings. The number of methoxy groups -OCH3 is 1. The monoisotopic (exact) mass is 351 g/mol. The second-order valence-electron chi connectivity index (χ2n) is 5.38. The first-order valence-corrected chi connectivity index (χ1v) is 7.57. The van der Waals surface area contributed by atoms with Gasteiger partial charge in [-0.05, 0) is 23.8 Å². The molecule has 0 fully saturated rings. The number of nitrogens with zero attached hydrogens (tertiary/aromatic N) is 1. The molecule has 0 bridgehead atoms. The number of hydrogen-bond donors (Lipinski definition) is 0. The molecule has 0 atom stereocenters. The fourth-order valence-corrected chi connectivity index (χ4v) is 2.45. The maximum absolute atomic E-state index is 12.3. The fourth-order valence-electron chi connectivity index (χ4n) is 2.45. The molecule has 0 aliphatic carbocycles. The number of para-hydroxylation sites is 1. The minimum absolute atomic E-state index is 0.0862. The minimum atomic E-state index is -0.782. The Morgan fingerprint density at radius 2 is 1.96 bits per heavy atom. The summed E-state index contributed by atoms with van der Waals surface area (Å²) < 4.78 is 10.3. The number of allylic oxidation sites excluding steroid dienone is 1. The van der Waals surface area contributed by atoms with E-state index in [1.807, 2.05) is 0 Å². The standard InChI is InChI=1S/C19H13NO6/c1-25-17-7-3-5-13-11-15(19(22)26-18(13)17)16(21)9-8-12-4-2-6-14(10-12)20(23)24/h2-11H,1H3. The van der Waals surface area contributed by atoms with Crippen LogP contribution < -0.4 is 10.4 Å². The van der Waals surface area contributed by atoms with E-state index in [-0.39, 0.29) is 16.8 Å². The number of nitro benzene ring substituents is 1. The number of carbonyl (C=O) groups is 1. The highest BCUT2D eigenvalue weighted by Crippen LogP contribution is 2.24. The molecule has 0 radical (unpaired) electrons. The van der Waals surface area contributed by atoms with E-state index in [9.17, 15) is 19.7 Å². The average Bonchev–Trinajstić information content (AvgIpc) is 2.65. The largest absolute Gasteiger partial charge is 0.493 e. The van der Waals surface area contributed by atoms with Gasteiger partial charge >= 0.3 is 5.63 Å². The molecule has 3 aromatic rings. The summed E-state index contributed by atoms with van der Waals surface area (Å²) in [6.07, 6.45) is 2.59. The van der Waals surface area contributed by atoms with Crippen molar-refractivity contribution in [2.75, 3.05) is 7.11 Å². The number of non-ortho nitro benzene ring substituents is 1. The van der Waals surface area contributed by atoms with Crippen molar-refractivity contribution in [3.8, 4) is 5.75 Å². The topological polar surface area (TPSA) is 99.6 Å². The van der Waals surface area contributed by atoms with Crippen LogP contribution in [0.1, 0.15) is 15.9 Å². The van der Waals surface area contributed by atoms with E-state index in [0.717, 1.165) is 0 Å². The van der Waals surface area contributed by atoms with Gasteiger partial charge in [-0.3, -0.25) is 14.9 Å². The van der Waals surface area contributed by atoms with E-state index in [1.54, 1.807) is 24.3 Å². The third-order valence-corrected chi connectivity index (χ3v) is 3.72. The quantitative estimate of drug-likeness (QED) is 0.229. The lowest BCUT2D eigenvalue weighted by molar-refractivity contribution is -0.384. The van der Waals surface area contributed by atoms with Gasteiger partial charge in [-0.15, -0.1) is 0 Å². The third kappa shape index (κ3) is 3.36. The van der Waals surface area contributed by atoms with Crippen LogP contribution in [0.5, 0.6) is 5.75 Å². The van der Waals surface area contributed by atoms with E-state index in [4.69, 9.17) is 9.15 Å². The Morgan fingerprint density at radius 3 is 2.69 bits per heavy atom. The molecule has 0 spiro atoms. The van der Waals surface area contributed by atoms with Gasteiger partial charge < -0.3 is 9.15 Å². The van der Waals surface area contributed by atoms with Gasteiger partial charge in [-0.25, -0.2) is 4.79 Å². The van der Waals surface area contributed by atoms with Crippen molar-refractivity contribution in [3.63, 3.8) is 0 Å². The number of nitro groups is 1. The molecular formula is C19H13NO6. The first-order chi connectivity index (χ1) is 12.5. The summed E-state index contributed by atoms with van der Waals surface area (Å²) in [6, 6.07) is 12.3. The second kappa shape index (κ2) is 7.02. The zero-order chi connectivity index (χ0) is 18.7. The Hall–Kier alpha value is -3.74. The summed E-state index contributed by atoms with van der Waals surface area (Å²) in [7, 11) is 1.45. The highest BCUT2D eigenvalue weighted by atomic mass is 16.6. The number of carbonyl (C=O) groups excluding carboxylic acids is 1. The molecule has 0 amide bonds. The Kier molecular flexibility index (Phi) is 4.62. The zero-order valence-corrected chi connectivity index (χ0v) is 13.7. The molecular weight excluding hydrogens is 338 g/mol. The zero-order valence-electron chi connectivity index (χ0n) is 13.7. The molecule has 0 unspecified atom stereocenters. The summed E-state index contributed by atoms with van der Waals surface area (Å²) in [5, 5.41) is 11.3. The van der Waals surface area contributed by atoms with E-state index < -0.39 is 16.3 Å². The normalized spacial score (nSPS) is 11.0. The van der Waals surface area contributed by atoms with Crippen molar-refractivity contribution in [2.45, 2.75) is 0 Å². The summed E-state index contributed by atoms with van der Waals surface area (Å²) >= 11 is 0. The van der Waals surface area contributed by atoms with Crippen LogP contribution in [0.25, 0.3) is 17.0 Å². The highest BCUT2D eigenvalue weighted by molar-refractivity contribution is 6.08. The van der Waals surface area contributed by atoms with Gasteiger partial charge in [-0.2, -0.15) is 0 Å². The van der Waals surface area contributed by atoms with Gasteiger partial charge in [0.15, 0.2) is 17.1 Å². The SMILES string of the molecule is COc1cccc2cc(C(=O)C=Cc3cccc([N+](=O)[O-])c3)c(=O)oc12. The third-order valence-electron chi connectivity index (χ3n) is 3.72. The van der Waals surface area contributed by atoms with Gasteiger partial charge in [0.1, 0.15) is 5.56 Å². The Balaban J connectivity index is 1.95. The van der Waals surface area contributed by atoms with Crippen molar-refractivity contribution in [1.29, 1.82) is 0 Å². The maximum Gasteiger partial charge on any atom is 0.347 e. The lowest BCUT2D eigenvalue weighted by atomic mass is 10.1. The lowest BCUT2D eigenvalue weighted by Gasteiger charge is -2.04.